The molecule has 20 heavy (non-hydrogen) atoms. The first kappa shape index (κ1) is 12.7. The van der Waals surface area contributed by atoms with Crippen LogP contribution in [0.25, 0.3) is 11.4 Å². The van der Waals surface area contributed by atoms with Crippen molar-refractivity contribution in [1.82, 2.24) is 15.0 Å². The standard InChI is InChI=1S/C15H15N3O2/c1-9-12-7-10(15(19)20)4-5-13(12)18-14(17-9)11-3-2-6-16-8-11/h2-3,6,8,10H,4-5,7H2,1H3,(H,19,20). The molecular formula is C15H15N3O2. The van der Waals surface area contributed by atoms with Crippen LogP contribution in [0.4, 0.5) is 0 Å². The van der Waals surface area contributed by atoms with Crippen LogP contribution >= 0.6 is 0 Å². The van der Waals surface area contributed by atoms with Crippen molar-refractivity contribution in [3.63, 3.8) is 0 Å². The molecule has 0 amide bonds. The van der Waals surface area contributed by atoms with E-state index in [4.69, 9.17) is 5.11 Å². The fourth-order valence-electron chi connectivity index (χ4n) is 2.62. The molecule has 102 valence electrons. The third-order valence-electron chi connectivity index (χ3n) is 3.75. The first-order valence-electron chi connectivity index (χ1n) is 6.64. The third kappa shape index (κ3) is 2.27. The molecule has 0 spiro atoms. The molecule has 2 heterocycles. The molecule has 0 aliphatic heterocycles. The van der Waals surface area contributed by atoms with Gasteiger partial charge in [-0.15, -0.1) is 0 Å². The molecule has 2 aromatic rings. The number of aryl methyl sites for hydroxylation is 2. The van der Waals surface area contributed by atoms with Crippen LogP contribution in [0.5, 0.6) is 0 Å². The van der Waals surface area contributed by atoms with Crippen molar-refractivity contribution in [3.8, 4) is 11.4 Å². The fourth-order valence-corrected chi connectivity index (χ4v) is 2.62. The fraction of sp³-hybridized carbons (Fsp3) is 0.333. The van der Waals surface area contributed by atoms with Crippen molar-refractivity contribution >= 4 is 5.97 Å². The molecule has 0 fully saturated rings. The van der Waals surface area contributed by atoms with E-state index in [-0.39, 0.29) is 5.92 Å². The molecule has 1 N–H and O–H groups in total. The van der Waals surface area contributed by atoms with Crippen molar-refractivity contribution < 1.29 is 9.90 Å². The van der Waals surface area contributed by atoms with Crippen LogP contribution < -0.4 is 0 Å². The molecule has 1 aliphatic rings. The summed E-state index contributed by atoms with van der Waals surface area (Å²) >= 11 is 0. The maximum absolute atomic E-state index is 11.1. The van der Waals surface area contributed by atoms with Crippen LogP contribution in [-0.2, 0) is 17.6 Å². The minimum Gasteiger partial charge on any atom is -0.481 e. The second kappa shape index (κ2) is 5.00. The SMILES string of the molecule is Cc1nc(-c2cccnc2)nc2c1CC(C(=O)O)CC2. The van der Waals surface area contributed by atoms with Gasteiger partial charge < -0.3 is 5.11 Å². The van der Waals surface area contributed by atoms with E-state index in [2.05, 4.69) is 15.0 Å². The molecule has 0 radical (unpaired) electrons. The zero-order chi connectivity index (χ0) is 14.1. The number of carbonyl (C=O) groups is 1. The van der Waals surface area contributed by atoms with Crippen LogP contribution in [-0.4, -0.2) is 26.0 Å². The second-order valence-corrected chi connectivity index (χ2v) is 5.08. The molecule has 5 nitrogen and oxygen atoms in total. The van der Waals surface area contributed by atoms with Crippen molar-refractivity contribution in [2.75, 3.05) is 0 Å². The lowest BCUT2D eigenvalue weighted by molar-refractivity contribution is -0.142. The zero-order valence-corrected chi connectivity index (χ0v) is 11.2. The van der Waals surface area contributed by atoms with E-state index in [9.17, 15) is 4.79 Å². The Kier molecular flexibility index (Phi) is 3.18. The van der Waals surface area contributed by atoms with E-state index in [1.54, 1.807) is 12.4 Å². The number of carboxylic acids is 1. The predicted molar refractivity (Wildman–Crippen MR) is 73.2 cm³/mol. The summed E-state index contributed by atoms with van der Waals surface area (Å²) in [5, 5.41) is 9.14. The van der Waals surface area contributed by atoms with Gasteiger partial charge in [-0.25, -0.2) is 9.97 Å². The van der Waals surface area contributed by atoms with E-state index in [0.717, 1.165) is 22.5 Å². The summed E-state index contributed by atoms with van der Waals surface area (Å²) < 4.78 is 0. The van der Waals surface area contributed by atoms with Crippen molar-refractivity contribution in [2.24, 2.45) is 5.92 Å². The van der Waals surface area contributed by atoms with Gasteiger partial charge in [0, 0.05) is 29.3 Å². The number of fused-ring (bicyclic) bond motifs is 1. The lowest BCUT2D eigenvalue weighted by Crippen LogP contribution is -2.24. The first-order chi connectivity index (χ1) is 9.65. The number of rotatable bonds is 2. The molecule has 1 aliphatic carbocycles. The number of hydrogen-bond acceptors (Lipinski definition) is 4. The normalized spacial score (nSPS) is 17.6. The largest absolute Gasteiger partial charge is 0.481 e. The van der Waals surface area contributed by atoms with Gasteiger partial charge in [0.2, 0.25) is 0 Å². The summed E-state index contributed by atoms with van der Waals surface area (Å²) in [6.07, 6.45) is 5.33. The van der Waals surface area contributed by atoms with E-state index in [1.807, 2.05) is 19.1 Å². The first-order valence-corrected chi connectivity index (χ1v) is 6.64. The summed E-state index contributed by atoms with van der Waals surface area (Å²) in [7, 11) is 0. The highest BCUT2D eigenvalue weighted by atomic mass is 16.4. The van der Waals surface area contributed by atoms with Gasteiger partial charge in [0.05, 0.1) is 5.92 Å². The topological polar surface area (TPSA) is 76.0 Å². The number of nitrogens with zero attached hydrogens (tertiary/aromatic N) is 3. The lowest BCUT2D eigenvalue weighted by Gasteiger charge is -2.22. The Balaban J connectivity index is 2.00. The van der Waals surface area contributed by atoms with Crippen LogP contribution in [0.15, 0.2) is 24.5 Å². The van der Waals surface area contributed by atoms with Gasteiger partial charge >= 0.3 is 5.97 Å². The van der Waals surface area contributed by atoms with E-state index in [0.29, 0.717) is 25.1 Å². The summed E-state index contributed by atoms with van der Waals surface area (Å²) in [4.78, 5) is 24.3. The summed E-state index contributed by atoms with van der Waals surface area (Å²) in [5.41, 5.74) is 3.74. The summed E-state index contributed by atoms with van der Waals surface area (Å²) in [5.74, 6) is -0.372. The van der Waals surface area contributed by atoms with E-state index in [1.165, 1.54) is 0 Å². The van der Waals surface area contributed by atoms with Crippen LogP contribution in [0.2, 0.25) is 0 Å². The highest BCUT2D eigenvalue weighted by molar-refractivity contribution is 5.71. The Hall–Kier alpha value is -2.30. The molecule has 5 heteroatoms. The Labute approximate surface area is 116 Å². The van der Waals surface area contributed by atoms with Crippen molar-refractivity contribution in [3.05, 3.63) is 41.5 Å². The number of carboxylic acid groups (broad SMARTS) is 1. The van der Waals surface area contributed by atoms with Crippen LogP contribution in [0.3, 0.4) is 0 Å². The molecule has 0 saturated carbocycles. The highest BCUT2D eigenvalue weighted by Gasteiger charge is 2.27. The van der Waals surface area contributed by atoms with Crippen LogP contribution in [0.1, 0.15) is 23.4 Å². The Morgan fingerprint density at radius 1 is 1.40 bits per heavy atom. The average Bonchev–Trinajstić information content (AvgIpc) is 2.47. The molecule has 1 atom stereocenters. The van der Waals surface area contributed by atoms with E-state index >= 15 is 0 Å². The molecular weight excluding hydrogens is 254 g/mol. The van der Waals surface area contributed by atoms with Gasteiger partial charge in [-0.05, 0) is 43.9 Å². The summed E-state index contributed by atoms with van der Waals surface area (Å²) in [6.45, 7) is 1.92. The Morgan fingerprint density at radius 3 is 2.95 bits per heavy atom. The van der Waals surface area contributed by atoms with Crippen LogP contribution in [0, 0.1) is 12.8 Å². The monoisotopic (exact) mass is 269 g/mol. The number of aliphatic carboxylic acids is 1. The minimum absolute atomic E-state index is 0.311. The minimum atomic E-state index is -0.730. The van der Waals surface area contributed by atoms with Gasteiger partial charge in [0.15, 0.2) is 5.82 Å². The maximum Gasteiger partial charge on any atom is 0.306 e. The van der Waals surface area contributed by atoms with Gasteiger partial charge in [-0.2, -0.15) is 0 Å². The Morgan fingerprint density at radius 2 is 2.25 bits per heavy atom. The second-order valence-electron chi connectivity index (χ2n) is 5.08. The number of hydrogen-bond donors (Lipinski definition) is 1. The van der Waals surface area contributed by atoms with Gasteiger partial charge in [-0.1, -0.05) is 0 Å². The predicted octanol–water partition coefficient (Wildman–Crippen LogP) is 2.04. The number of aromatic nitrogens is 3. The molecule has 1 unspecified atom stereocenters. The molecule has 3 rings (SSSR count). The average molecular weight is 269 g/mol. The molecule has 0 aromatic carbocycles. The smallest absolute Gasteiger partial charge is 0.306 e. The third-order valence-corrected chi connectivity index (χ3v) is 3.75. The zero-order valence-electron chi connectivity index (χ0n) is 11.2. The van der Waals surface area contributed by atoms with Crippen molar-refractivity contribution in [2.45, 2.75) is 26.2 Å². The van der Waals surface area contributed by atoms with Crippen molar-refractivity contribution in [1.29, 1.82) is 0 Å². The van der Waals surface area contributed by atoms with E-state index < -0.39 is 5.97 Å². The molecule has 0 saturated heterocycles. The van der Waals surface area contributed by atoms with Gasteiger partial charge in [-0.3, -0.25) is 9.78 Å². The Bertz CT molecular complexity index is 656. The van der Waals surface area contributed by atoms with Gasteiger partial charge in [0.25, 0.3) is 0 Å². The summed E-state index contributed by atoms with van der Waals surface area (Å²) in [6, 6.07) is 3.78. The van der Waals surface area contributed by atoms with Gasteiger partial charge in [0.1, 0.15) is 0 Å². The molecule has 2 aromatic heterocycles. The highest BCUT2D eigenvalue weighted by Crippen LogP contribution is 2.28. The number of pyridine rings is 1. The molecule has 0 bridgehead atoms. The maximum atomic E-state index is 11.1. The quantitative estimate of drug-likeness (QED) is 0.902. The lowest BCUT2D eigenvalue weighted by atomic mass is 9.86.